The molecule has 0 bridgehead atoms. The maximum absolute atomic E-state index is 5.81. The zero-order valence-electron chi connectivity index (χ0n) is 6.14. The lowest BCUT2D eigenvalue weighted by Gasteiger charge is -2.05. The van der Waals surface area contributed by atoms with Gasteiger partial charge in [-0.05, 0) is 30.7 Å². The summed E-state index contributed by atoms with van der Waals surface area (Å²) in [5.74, 6) is 0. The molecule has 0 saturated heterocycles. The number of hydrogen-bond acceptors (Lipinski definition) is 1. The average Bonchev–Trinajstić information content (AvgIpc) is 1.85. The minimum atomic E-state index is 0.0324. The highest BCUT2D eigenvalue weighted by molar-refractivity contribution is 9.10. The third-order valence-electron chi connectivity index (χ3n) is 1.41. The predicted molar refractivity (Wildman–Crippen MR) is 51.8 cm³/mol. The lowest BCUT2D eigenvalue weighted by molar-refractivity contribution is 0.817. The average molecular weight is 235 g/mol. The quantitative estimate of drug-likeness (QED) is 0.794. The van der Waals surface area contributed by atoms with Crippen molar-refractivity contribution in [3.63, 3.8) is 0 Å². The van der Waals surface area contributed by atoms with Crippen molar-refractivity contribution >= 4 is 27.5 Å². The Hall–Kier alpha value is -0.0500. The number of nitrogens with two attached hydrogens (primary N) is 1. The van der Waals surface area contributed by atoms with E-state index < -0.39 is 0 Å². The molecule has 0 spiro atoms. The third kappa shape index (κ3) is 2.47. The summed E-state index contributed by atoms with van der Waals surface area (Å²) < 4.78 is 0.970. The van der Waals surface area contributed by atoms with Gasteiger partial charge in [-0.15, -0.1) is 0 Å². The Balaban J connectivity index is 3.08. The van der Waals surface area contributed by atoms with E-state index in [0.29, 0.717) is 5.02 Å². The van der Waals surface area contributed by atoms with Gasteiger partial charge in [0.05, 0.1) is 0 Å². The van der Waals surface area contributed by atoms with Crippen molar-refractivity contribution in [3.05, 3.63) is 33.3 Å². The Labute approximate surface area is 79.7 Å². The lowest BCUT2D eigenvalue weighted by atomic mass is 10.1. The van der Waals surface area contributed by atoms with Gasteiger partial charge in [0.1, 0.15) is 0 Å². The Morgan fingerprint density at radius 1 is 1.45 bits per heavy atom. The topological polar surface area (TPSA) is 26.0 Å². The van der Waals surface area contributed by atoms with Gasteiger partial charge >= 0.3 is 0 Å². The van der Waals surface area contributed by atoms with E-state index in [1.807, 2.05) is 25.1 Å². The molecule has 11 heavy (non-hydrogen) atoms. The molecule has 0 heterocycles. The molecule has 1 aromatic rings. The minimum absolute atomic E-state index is 0.0324. The van der Waals surface area contributed by atoms with Crippen molar-refractivity contribution in [2.75, 3.05) is 0 Å². The maximum Gasteiger partial charge on any atom is 0.0420 e. The first-order valence-corrected chi connectivity index (χ1v) is 4.48. The fourth-order valence-corrected chi connectivity index (χ4v) is 1.72. The van der Waals surface area contributed by atoms with Crippen LogP contribution in [0.1, 0.15) is 18.5 Å². The fourth-order valence-electron chi connectivity index (χ4n) is 0.838. The van der Waals surface area contributed by atoms with E-state index in [2.05, 4.69) is 15.9 Å². The standard InChI is InChI=1S/C8H9BrClN/c1-5(11)6-2-7(9)4-8(10)3-6/h2-5H,11H2,1H3. The van der Waals surface area contributed by atoms with Gasteiger partial charge in [0.25, 0.3) is 0 Å². The zero-order chi connectivity index (χ0) is 8.43. The first-order valence-electron chi connectivity index (χ1n) is 3.31. The van der Waals surface area contributed by atoms with Crippen LogP contribution in [0.25, 0.3) is 0 Å². The van der Waals surface area contributed by atoms with Crippen LogP contribution in [0.4, 0.5) is 0 Å². The van der Waals surface area contributed by atoms with Crippen molar-refractivity contribution < 1.29 is 0 Å². The fraction of sp³-hybridized carbons (Fsp3) is 0.250. The van der Waals surface area contributed by atoms with Gasteiger partial charge in [-0.1, -0.05) is 27.5 Å². The van der Waals surface area contributed by atoms with Gasteiger partial charge in [-0.3, -0.25) is 0 Å². The maximum atomic E-state index is 5.81. The molecule has 1 unspecified atom stereocenters. The molecule has 1 atom stereocenters. The van der Waals surface area contributed by atoms with Crippen molar-refractivity contribution in [1.29, 1.82) is 0 Å². The van der Waals surface area contributed by atoms with E-state index in [1.54, 1.807) is 0 Å². The van der Waals surface area contributed by atoms with Crippen molar-refractivity contribution in [1.82, 2.24) is 0 Å². The number of halogens is 2. The minimum Gasteiger partial charge on any atom is -0.324 e. The van der Waals surface area contributed by atoms with Crippen LogP contribution in [-0.2, 0) is 0 Å². The predicted octanol–water partition coefficient (Wildman–Crippen LogP) is 3.12. The largest absolute Gasteiger partial charge is 0.324 e. The third-order valence-corrected chi connectivity index (χ3v) is 2.09. The van der Waals surface area contributed by atoms with E-state index in [9.17, 15) is 0 Å². The second-order valence-electron chi connectivity index (χ2n) is 2.49. The summed E-state index contributed by atoms with van der Waals surface area (Å²) in [7, 11) is 0. The summed E-state index contributed by atoms with van der Waals surface area (Å²) in [5, 5.41) is 0.715. The summed E-state index contributed by atoms with van der Waals surface area (Å²) in [5.41, 5.74) is 6.72. The SMILES string of the molecule is CC(N)c1cc(Cl)cc(Br)c1. The lowest BCUT2D eigenvalue weighted by Crippen LogP contribution is -2.04. The number of hydrogen-bond donors (Lipinski definition) is 1. The number of benzene rings is 1. The second kappa shape index (κ2) is 3.57. The first-order chi connectivity index (χ1) is 5.09. The molecule has 0 radical (unpaired) electrons. The molecule has 0 fully saturated rings. The van der Waals surface area contributed by atoms with Gasteiger partial charge in [-0.2, -0.15) is 0 Å². The van der Waals surface area contributed by atoms with Crippen molar-refractivity contribution in [2.24, 2.45) is 5.73 Å². The van der Waals surface area contributed by atoms with E-state index in [-0.39, 0.29) is 6.04 Å². The molecule has 0 aliphatic carbocycles. The monoisotopic (exact) mass is 233 g/mol. The van der Waals surface area contributed by atoms with Crippen LogP contribution in [0.3, 0.4) is 0 Å². The van der Waals surface area contributed by atoms with Crippen molar-refractivity contribution in [3.8, 4) is 0 Å². The summed E-state index contributed by atoms with van der Waals surface area (Å²) in [6.45, 7) is 1.93. The second-order valence-corrected chi connectivity index (χ2v) is 3.84. The van der Waals surface area contributed by atoms with E-state index in [4.69, 9.17) is 17.3 Å². The van der Waals surface area contributed by atoms with Crippen LogP contribution >= 0.6 is 27.5 Å². The normalized spacial score (nSPS) is 13.1. The molecule has 3 heteroatoms. The Kier molecular flexibility index (Phi) is 2.93. The van der Waals surface area contributed by atoms with Crippen LogP contribution in [0.2, 0.25) is 5.02 Å². The van der Waals surface area contributed by atoms with Gasteiger partial charge in [0.2, 0.25) is 0 Å². The molecule has 0 aromatic heterocycles. The molecule has 0 aliphatic rings. The van der Waals surface area contributed by atoms with Crippen LogP contribution in [0.5, 0.6) is 0 Å². The van der Waals surface area contributed by atoms with Crippen LogP contribution in [-0.4, -0.2) is 0 Å². The molecule has 60 valence electrons. The smallest absolute Gasteiger partial charge is 0.0420 e. The van der Waals surface area contributed by atoms with Crippen LogP contribution < -0.4 is 5.73 Å². The zero-order valence-corrected chi connectivity index (χ0v) is 8.48. The highest BCUT2D eigenvalue weighted by atomic mass is 79.9. The van der Waals surface area contributed by atoms with E-state index in [1.165, 1.54) is 0 Å². The molecule has 0 amide bonds. The Morgan fingerprint density at radius 3 is 2.55 bits per heavy atom. The van der Waals surface area contributed by atoms with Gasteiger partial charge in [-0.25, -0.2) is 0 Å². The van der Waals surface area contributed by atoms with Crippen LogP contribution in [0, 0.1) is 0 Å². The number of rotatable bonds is 1. The molecular formula is C8H9BrClN. The summed E-state index contributed by atoms with van der Waals surface area (Å²) in [4.78, 5) is 0. The van der Waals surface area contributed by atoms with Gasteiger partial charge < -0.3 is 5.73 Å². The molecular weight excluding hydrogens is 225 g/mol. The molecule has 2 N–H and O–H groups in total. The highest BCUT2D eigenvalue weighted by Crippen LogP contribution is 2.22. The summed E-state index contributed by atoms with van der Waals surface area (Å²) >= 11 is 9.15. The molecule has 1 aromatic carbocycles. The Bertz CT molecular complexity index is 240. The van der Waals surface area contributed by atoms with E-state index >= 15 is 0 Å². The summed E-state index contributed by atoms with van der Waals surface area (Å²) in [6.07, 6.45) is 0. The summed E-state index contributed by atoms with van der Waals surface area (Å²) in [6, 6.07) is 5.71. The van der Waals surface area contributed by atoms with Crippen molar-refractivity contribution in [2.45, 2.75) is 13.0 Å². The van der Waals surface area contributed by atoms with Gasteiger partial charge in [0, 0.05) is 15.5 Å². The Morgan fingerprint density at radius 2 is 2.09 bits per heavy atom. The van der Waals surface area contributed by atoms with Gasteiger partial charge in [0.15, 0.2) is 0 Å². The van der Waals surface area contributed by atoms with Crippen LogP contribution in [0.15, 0.2) is 22.7 Å². The first kappa shape index (κ1) is 9.04. The molecule has 1 rings (SSSR count). The van der Waals surface area contributed by atoms with E-state index in [0.717, 1.165) is 10.0 Å². The molecule has 0 saturated carbocycles. The molecule has 1 nitrogen and oxygen atoms in total. The molecule has 0 aliphatic heterocycles. The highest BCUT2D eigenvalue weighted by Gasteiger charge is 2.01.